The average Bonchev–Trinajstić information content (AvgIpc) is 2.84. The summed E-state index contributed by atoms with van der Waals surface area (Å²) in [5, 5.41) is 10.9. The van der Waals surface area contributed by atoms with Gasteiger partial charge in [-0.2, -0.15) is 0 Å². The maximum Gasteiger partial charge on any atom is 0.0676 e. The summed E-state index contributed by atoms with van der Waals surface area (Å²) < 4.78 is 0. The molecule has 1 N–H and O–H groups in total. The molecule has 0 bridgehead atoms. The third-order valence-corrected chi connectivity index (χ3v) is 6.21. The van der Waals surface area contributed by atoms with Crippen LogP contribution in [0.1, 0.15) is 83.5 Å². The zero-order valence-corrected chi connectivity index (χ0v) is 11.2. The first kappa shape index (κ1) is 12.0. The average molecular weight is 236 g/mol. The van der Waals surface area contributed by atoms with Crippen LogP contribution in [0.4, 0.5) is 0 Å². The van der Waals surface area contributed by atoms with Gasteiger partial charge in [-0.1, -0.05) is 32.1 Å². The molecule has 1 heteroatoms. The Morgan fingerprint density at radius 2 is 1.24 bits per heavy atom. The first-order chi connectivity index (χ1) is 8.23. The van der Waals surface area contributed by atoms with Crippen LogP contribution in [0, 0.1) is 11.3 Å². The summed E-state index contributed by atoms with van der Waals surface area (Å²) in [6.45, 7) is 0. The number of aliphatic hydroxyl groups is 1. The summed E-state index contributed by atoms with van der Waals surface area (Å²) in [5.74, 6) is 0.634. The van der Waals surface area contributed by atoms with Crippen LogP contribution in [-0.2, 0) is 0 Å². The standard InChI is InChI=1S/C16H28O/c17-16(14-6-2-1-3-7-14)12-10-15(11-13-16)8-4-5-9-15/h14,17H,1-13H2. The monoisotopic (exact) mass is 236 g/mol. The van der Waals surface area contributed by atoms with Crippen LogP contribution in [0.5, 0.6) is 0 Å². The molecule has 3 fully saturated rings. The fourth-order valence-corrected chi connectivity index (χ4v) is 4.89. The molecule has 0 atom stereocenters. The highest BCUT2D eigenvalue weighted by atomic mass is 16.3. The molecule has 0 unspecified atom stereocenters. The molecular formula is C16H28O. The zero-order chi connectivity index (χ0) is 11.8. The molecule has 3 rings (SSSR count). The van der Waals surface area contributed by atoms with Crippen molar-refractivity contribution < 1.29 is 5.11 Å². The molecule has 0 saturated heterocycles. The Hall–Kier alpha value is -0.0400. The van der Waals surface area contributed by atoms with Crippen LogP contribution in [0.25, 0.3) is 0 Å². The van der Waals surface area contributed by atoms with E-state index in [0.717, 1.165) is 12.8 Å². The summed E-state index contributed by atoms with van der Waals surface area (Å²) in [4.78, 5) is 0. The van der Waals surface area contributed by atoms with Gasteiger partial charge in [0.25, 0.3) is 0 Å². The van der Waals surface area contributed by atoms with Gasteiger partial charge in [0.1, 0.15) is 0 Å². The Morgan fingerprint density at radius 1 is 0.647 bits per heavy atom. The molecule has 17 heavy (non-hydrogen) atoms. The number of hydrogen-bond acceptors (Lipinski definition) is 1. The normalized spacial score (nSPS) is 33.0. The van der Waals surface area contributed by atoms with Crippen molar-refractivity contribution in [2.75, 3.05) is 0 Å². The van der Waals surface area contributed by atoms with Gasteiger partial charge in [-0.05, 0) is 62.7 Å². The van der Waals surface area contributed by atoms with Gasteiger partial charge in [0, 0.05) is 0 Å². The van der Waals surface area contributed by atoms with Crippen LogP contribution in [-0.4, -0.2) is 10.7 Å². The lowest BCUT2D eigenvalue weighted by atomic mass is 9.62. The molecule has 0 radical (unpaired) electrons. The van der Waals surface area contributed by atoms with E-state index in [9.17, 15) is 5.11 Å². The number of rotatable bonds is 1. The lowest BCUT2D eigenvalue weighted by Crippen LogP contribution is -2.44. The Balaban J connectivity index is 1.62. The second-order valence-electron chi connectivity index (χ2n) is 7.15. The van der Waals surface area contributed by atoms with Gasteiger partial charge >= 0.3 is 0 Å². The van der Waals surface area contributed by atoms with Crippen LogP contribution in [0.3, 0.4) is 0 Å². The molecule has 3 saturated carbocycles. The van der Waals surface area contributed by atoms with E-state index in [1.165, 1.54) is 70.6 Å². The van der Waals surface area contributed by atoms with Crippen LogP contribution < -0.4 is 0 Å². The Morgan fingerprint density at radius 3 is 1.82 bits per heavy atom. The minimum absolute atomic E-state index is 0.270. The van der Waals surface area contributed by atoms with Crippen molar-refractivity contribution in [1.29, 1.82) is 0 Å². The van der Waals surface area contributed by atoms with E-state index >= 15 is 0 Å². The molecular weight excluding hydrogens is 208 g/mol. The molecule has 0 amide bonds. The summed E-state index contributed by atoms with van der Waals surface area (Å²) in [6, 6.07) is 0. The fraction of sp³-hybridized carbons (Fsp3) is 1.00. The smallest absolute Gasteiger partial charge is 0.0676 e. The predicted molar refractivity (Wildman–Crippen MR) is 70.9 cm³/mol. The van der Waals surface area contributed by atoms with Crippen molar-refractivity contribution in [1.82, 2.24) is 0 Å². The van der Waals surface area contributed by atoms with E-state index in [1.807, 2.05) is 0 Å². The Kier molecular flexibility index (Phi) is 3.23. The summed E-state index contributed by atoms with van der Waals surface area (Å²) in [5.41, 5.74) is 0.398. The SMILES string of the molecule is OC1(C2CCCCC2)CCC2(CCCC2)CC1. The fourth-order valence-electron chi connectivity index (χ4n) is 4.89. The van der Waals surface area contributed by atoms with E-state index in [1.54, 1.807) is 0 Å². The second-order valence-corrected chi connectivity index (χ2v) is 7.15. The molecule has 1 spiro atoms. The van der Waals surface area contributed by atoms with Crippen molar-refractivity contribution in [3.63, 3.8) is 0 Å². The zero-order valence-electron chi connectivity index (χ0n) is 11.2. The van der Waals surface area contributed by atoms with E-state index in [4.69, 9.17) is 0 Å². The van der Waals surface area contributed by atoms with Crippen LogP contribution in [0.2, 0.25) is 0 Å². The second kappa shape index (κ2) is 4.57. The quantitative estimate of drug-likeness (QED) is 0.714. The van der Waals surface area contributed by atoms with Crippen molar-refractivity contribution in [3.05, 3.63) is 0 Å². The molecule has 3 aliphatic carbocycles. The van der Waals surface area contributed by atoms with Gasteiger partial charge in [-0.25, -0.2) is 0 Å². The summed E-state index contributed by atoms with van der Waals surface area (Å²) in [7, 11) is 0. The Labute approximate surface area is 106 Å². The number of hydrogen-bond donors (Lipinski definition) is 1. The third-order valence-electron chi connectivity index (χ3n) is 6.21. The first-order valence-corrected chi connectivity index (χ1v) is 7.95. The maximum absolute atomic E-state index is 10.9. The predicted octanol–water partition coefficient (Wildman–Crippen LogP) is 4.43. The van der Waals surface area contributed by atoms with Gasteiger partial charge in [-0.3, -0.25) is 0 Å². The van der Waals surface area contributed by atoms with E-state index in [0.29, 0.717) is 11.3 Å². The Bertz CT molecular complexity index is 249. The molecule has 0 aromatic rings. The highest BCUT2D eigenvalue weighted by molar-refractivity contribution is 4.98. The highest BCUT2D eigenvalue weighted by Gasteiger charge is 2.46. The topological polar surface area (TPSA) is 20.2 Å². The van der Waals surface area contributed by atoms with Gasteiger partial charge < -0.3 is 5.11 Å². The molecule has 0 aliphatic heterocycles. The lowest BCUT2D eigenvalue weighted by molar-refractivity contribution is -0.0860. The van der Waals surface area contributed by atoms with E-state index < -0.39 is 0 Å². The van der Waals surface area contributed by atoms with Gasteiger partial charge in [0.15, 0.2) is 0 Å². The summed E-state index contributed by atoms with van der Waals surface area (Å²) >= 11 is 0. The maximum atomic E-state index is 10.9. The highest BCUT2D eigenvalue weighted by Crippen LogP contribution is 2.53. The molecule has 98 valence electrons. The largest absolute Gasteiger partial charge is 0.390 e. The molecule has 0 aromatic carbocycles. The minimum atomic E-state index is -0.270. The van der Waals surface area contributed by atoms with Crippen molar-refractivity contribution >= 4 is 0 Å². The molecule has 0 heterocycles. The van der Waals surface area contributed by atoms with Gasteiger partial charge in [-0.15, -0.1) is 0 Å². The minimum Gasteiger partial charge on any atom is -0.390 e. The van der Waals surface area contributed by atoms with Crippen molar-refractivity contribution in [2.24, 2.45) is 11.3 Å². The lowest BCUT2D eigenvalue weighted by Gasteiger charge is -2.47. The van der Waals surface area contributed by atoms with Gasteiger partial charge in [0.05, 0.1) is 5.60 Å². The van der Waals surface area contributed by atoms with E-state index in [-0.39, 0.29) is 5.60 Å². The van der Waals surface area contributed by atoms with Gasteiger partial charge in [0.2, 0.25) is 0 Å². The van der Waals surface area contributed by atoms with Crippen LogP contribution in [0.15, 0.2) is 0 Å². The first-order valence-electron chi connectivity index (χ1n) is 7.95. The summed E-state index contributed by atoms with van der Waals surface area (Å²) in [6.07, 6.45) is 17.4. The van der Waals surface area contributed by atoms with E-state index in [2.05, 4.69) is 0 Å². The molecule has 0 aromatic heterocycles. The van der Waals surface area contributed by atoms with Crippen molar-refractivity contribution in [3.8, 4) is 0 Å². The van der Waals surface area contributed by atoms with Crippen molar-refractivity contribution in [2.45, 2.75) is 89.1 Å². The van der Waals surface area contributed by atoms with Crippen LogP contribution >= 0.6 is 0 Å². The third kappa shape index (κ3) is 2.28. The molecule has 3 aliphatic rings. The molecule has 1 nitrogen and oxygen atoms in total.